The van der Waals surface area contributed by atoms with E-state index in [-0.39, 0.29) is 23.4 Å². The Kier molecular flexibility index (Phi) is 10.2. The molecule has 41 heavy (non-hydrogen) atoms. The number of nitrogens with one attached hydrogen (secondary N) is 1. The Balaban J connectivity index is 1.63. The predicted octanol–water partition coefficient (Wildman–Crippen LogP) is 5.41. The van der Waals surface area contributed by atoms with Crippen molar-refractivity contribution in [1.82, 2.24) is 10.2 Å². The van der Waals surface area contributed by atoms with Gasteiger partial charge >= 0.3 is 0 Å². The highest BCUT2D eigenvalue weighted by Crippen LogP contribution is 2.25. The van der Waals surface area contributed by atoms with E-state index >= 15 is 0 Å². The van der Waals surface area contributed by atoms with Gasteiger partial charge in [0.1, 0.15) is 12.6 Å². The van der Waals surface area contributed by atoms with Crippen molar-refractivity contribution in [3.8, 4) is 0 Å². The minimum Gasteiger partial charge on any atom is -0.352 e. The zero-order valence-corrected chi connectivity index (χ0v) is 25.1. The number of rotatable bonds is 11. The van der Waals surface area contributed by atoms with E-state index < -0.39 is 28.5 Å². The number of amides is 2. The second-order valence-corrected chi connectivity index (χ2v) is 12.9. The topological polar surface area (TPSA) is 86.8 Å². The SMILES string of the molecule is Cc1ccc(S(=O)(=O)N(CC(=O)N(CCc2ccccc2)C(C)C(=O)NC2CCCCC2)c2cccc(C)c2)cc1. The van der Waals surface area contributed by atoms with Crippen LogP contribution in [0, 0.1) is 13.8 Å². The Labute approximate surface area is 244 Å². The molecule has 218 valence electrons. The van der Waals surface area contributed by atoms with E-state index in [9.17, 15) is 18.0 Å². The third kappa shape index (κ3) is 7.97. The third-order valence-electron chi connectivity index (χ3n) is 7.78. The zero-order chi connectivity index (χ0) is 29.4. The first kappa shape index (κ1) is 30.3. The number of sulfonamides is 1. The Morgan fingerprint density at radius 2 is 1.56 bits per heavy atom. The van der Waals surface area contributed by atoms with Gasteiger partial charge in [-0.2, -0.15) is 0 Å². The molecule has 1 N–H and O–H groups in total. The van der Waals surface area contributed by atoms with Gasteiger partial charge in [-0.15, -0.1) is 0 Å². The highest BCUT2D eigenvalue weighted by atomic mass is 32.2. The number of carbonyl (C=O) groups is 2. The molecule has 1 fully saturated rings. The summed E-state index contributed by atoms with van der Waals surface area (Å²) in [6, 6.07) is 22.8. The van der Waals surface area contributed by atoms with E-state index in [4.69, 9.17) is 0 Å². The summed E-state index contributed by atoms with van der Waals surface area (Å²) in [6.45, 7) is 5.37. The number of hydrogen-bond donors (Lipinski definition) is 1. The van der Waals surface area contributed by atoms with E-state index in [0.717, 1.165) is 46.7 Å². The molecule has 0 aromatic heterocycles. The largest absolute Gasteiger partial charge is 0.352 e. The van der Waals surface area contributed by atoms with Crippen molar-refractivity contribution < 1.29 is 18.0 Å². The van der Waals surface area contributed by atoms with E-state index in [1.807, 2.05) is 50.2 Å². The van der Waals surface area contributed by atoms with E-state index in [1.165, 1.54) is 11.3 Å². The monoisotopic (exact) mass is 575 g/mol. The number of nitrogens with zero attached hydrogens (tertiary/aromatic N) is 2. The van der Waals surface area contributed by atoms with Gasteiger partial charge in [0, 0.05) is 12.6 Å². The van der Waals surface area contributed by atoms with Gasteiger partial charge in [0.25, 0.3) is 10.0 Å². The average Bonchev–Trinajstić information content (AvgIpc) is 2.97. The van der Waals surface area contributed by atoms with E-state index in [1.54, 1.807) is 49.4 Å². The van der Waals surface area contributed by atoms with Crippen LogP contribution in [0.4, 0.5) is 5.69 Å². The molecule has 3 aromatic rings. The first-order valence-corrected chi connectivity index (χ1v) is 15.9. The highest BCUT2D eigenvalue weighted by molar-refractivity contribution is 7.92. The first-order valence-electron chi connectivity index (χ1n) is 14.4. The molecule has 1 saturated carbocycles. The number of aryl methyl sites for hydroxylation is 2. The smallest absolute Gasteiger partial charge is 0.264 e. The van der Waals surface area contributed by atoms with Gasteiger partial charge in [0.15, 0.2) is 0 Å². The van der Waals surface area contributed by atoms with Crippen LogP contribution in [0.25, 0.3) is 0 Å². The van der Waals surface area contributed by atoms with Crippen molar-refractivity contribution in [2.24, 2.45) is 0 Å². The normalized spacial score (nSPS) is 14.7. The fourth-order valence-electron chi connectivity index (χ4n) is 5.29. The quantitative estimate of drug-likeness (QED) is 0.331. The average molecular weight is 576 g/mol. The Bertz CT molecular complexity index is 1420. The Morgan fingerprint density at radius 3 is 2.22 bits per heavy atom. The maximum atomic E-state index is 14.0. The van der Waals surface area contributed by atoms with Crippen molar-refractivity contribution in [2.75, 3.05) is 17.4 Å². The van der Waals surface area contributed by atoms with Crippen LogP contribution in [-0.2, 0) is 26.0 Å². The molecule has 0 aliphatic heterocycles. The minimum atomic E-state index is -4.07. The summed E-state index contributed by atoms with van der Waals surface area (Å²) in [6.07, 6.45) is 5.76. The lowest BCUT2D eigenvalue weighted by Gasteiger charge is -2.33. The second kappa shape index (κ2) is 13.8. The molecule has 2 amide bonds. The van der Waals surface area contributed by atoms with Gasteiger partial charge in [-0.3, -0.25) is 13.9 Å². The molecule has 1 atom stereocenters. The molecule has 3 aromatic carbocycles. The molecular formula is C33H41N3O4S. The summed E-state index contributed by atoms with van der Waals surface area (Å²) in [5.74, 6) is -0.633. The molecule has 1 aliphatic rings. The first-order chi connectivity index (χ1) is 19.6. The molecule has 1 unspecified atom stereocenters. The van der Waals surface area contributed by atoms with Crippen LogP contribution in [0.15, 0.2) is 83.8 Å². The molecule has 0 radical (unpaired) electrons. The maximum Gasteiger partial charge on any atom is 0.264 e. The molecule has 0 heterocycles. The highest BCUT2D eigenvalue weighted by Gasteiger charge is 2.33. The van der Waals surface area contributed by atoms with Crippen LogP contribution in [0.2, 0.25) is 0 Å². The van der Waals surface area contributed by atoms with Gasteiger partial charge in [-0.05, 0) is 75.4 Å². The van der Waals surface area contributed by atoms with Crippen LogP contribution in [0.3, 0.4) is 0 Å². The zero-order valence-electron chi connectivity index (χ0n) is 24.3. The fourth-order valence-corrected chi connectivity index (χ4v) is 6.69. The van der Waals surface area contributed by atoms with E-state index in [2.05, 4.69) is 5.32 Å². The third-order valence-corrected chi connectivity index (χ3v) is 9.57. The molecule has 0 spiro atoms. The molecule has 1 aliphatic carbocycles. The van der Waals surface area contributed by atoms with Gasteiger partial charge in [-0.1, -0.05) is 79.4 Å². The van der Waals surface area contributed by atoms with Crippen LogP contribution in [0.5, 0.6) is 0 Å². The van der Waals surface area contributed by atoms with E-state index in [0.29, 0.717) is 12.1 Å². The number of carbonyl (C=O) groups excluding carboxylic acids is 2. The second-order valence-electron chi connectivity index (χ2n) is 11.0. The number of benzene rings is 3. The lowest BCUT2D eigenvalue weighted by atomic mass is 9.95. The molecule has 0 bridgehead atoms. The molecule has 8 heteroatoms. The van der Waals surface area contributed by atoms with Crippen molar-refractivity contribution in [3.05, 3.63) is 95.6 Å². The van der Waals surface area contributed by atoms with Crippen molar-refractivity contribution in [3.63, 3.8) is 0 Å². The molecular weight excluding hydrogens is 534 g/mol. The summed E-state index contributed by atoms with van der Waals surface area (Å²) in [5.41, 5.74) is 3.25. The summed E-state index contributed by atoms with van der Waals surface area (Å²) in [7, 11) is -4.07. The van der Waals surface area contributed by atoms with Crippen LogP contribution in [-0.4, -0.2) is 50.3 Å². The van der Waals surface area contributed by atoms with Crippen molar-refractivity contribution in [2.45, 2.75) is 76.3 Å². The standard InChI is InChI=1S/C33H41N3O4S/c1-25-17-19-31(20-18-25)41(39,40)36(30-16-10-11-26(2)23-30)24-32(37)35(22-21-28-12-6-4-7-13-28)27(3)33(38)34-29-14-8-5-9-15-29/h4,6-7,10-13,16-20,23,27,29H,5,8-9,14-15,21-22,24H2,1-3H3,(H,34,38). The molecule has 4 rings (SSSR count). The van der Waals surface area contributed by atoms with Crippen LogP contribution in [0.1, 0.15) is 55.7 Å². The lowest BCUT2D eigenvalue weighted by Crippen LogP contribution is -2.53. The summed E-state index contributed by atoms with van der Waals surface area (Å²) in [5, 5.41) is 3.14. The Hall–Kier alpha value is -3.65. The summed E-state index contributed by atoms with van der Waals surface area (Å²) in [4.78, 5) is 29.1. The summed E-state index contributed by atoms with van der Waals surface area (Å²) >= 11 is 0. The number of hydrogen-bond acceptors (Lipinski definition) is 4. The van der Waals surface area contributed by atoms with Crippen LogP contribution < -0.4 is 9.62 Å². The van der Waals surface area contributed by atoms with Crippen LogP contribution >= 0.6 is 0 Å². The lowest BCUT2D eigenvalue weighted by molar-refractivity contribution is -0.139. The Morgan fingerprint density at radius 1 is 0.878 bits per heavy atom. The van der Waals surface area contributed by atoms with Gasteiger partial charge in [0.05, 0.1) is 10.6 Å². The minimum absolute atomic E-state index is 0.107. The fraction of sp³-hybridized carbons (Fsp3) is 0.394. The van der Waals surface area contributed by atoms with Gasteiger partial charge in [0.2, 0.25) is 11.8 Å². The van der Waals surface area contributed by atoms with Gasteiger partial charge < -0.3 is 10.2 Å². The molecule has 0 saturated heterocycles. The predicted molar refractivity (Wildman–Crippen MR) is 163 cm³/mol. The van der Waals surface area contributed by atoms with Crippen molar-refractivity contribution >= 4 is 27.5 Å². The van der Waals surface area contributed by atoms with Crippen molar-refractivity contribution in [1.29, 1.82) is 0 Å². The maximum absolute atomic E-state index is 14.0. The molecule has 7 nitrogen and oxygen atoms in total. The summed E-state index contributed by atoms with van der Waals surface area (Å²) < 4.78 is 29.0. The van der Waals surface area contributed by atoms with Gasteiger partial charge in [-0.25, -0.2) is 8.42 Å². The number of anilines is 1.